The molecule has 0 radical (unpaired) electrons. The van der Waals surface area contributed by atoms with Crippen molar-refractivity contribution in [2.45, 2.75) is 6.42 Å². The SMILES string of the molecule is C=C(N)/C=c1/cccc/c1=C1\C=CC=CC1. The average Bonchev–Trinajstić information content (AvgIpc) is 2.30. The van der Waals surface area contributed by atoms with Crippen LogP contribution in [0, 0.1) is 0 Å². The maximum absolute atomic E-state index is 5.63. The third-order valence-electron chi connectivity index (χ3n) is 2.53. The quantitative estimate of drug-likeness (QED) is 0.747. The molecule has 0 bridgehead atoms. The van der Waals surface area contributed by atoms with Crippen molar-refractivity contribution in [3.8, 4) is 0 Å². The van der Waals surface area contributed by atoms with E-state index in [0.717, 1.165) is 11.6 Å². The van der Waals surface area contributed by atoms with Crippen molar-refractivity contribution >= 4 is 11.6 Å². The fourth-order valence-corrected chi connectivity index (χ4v) is 1.83. The second-order valence-electron chi connectivity index (χ2n) is 3.82. The zero-order valence-electron chi connectivity index (χ0n) is 9.19. The lowest BCUT2D eigenvalue weighted by atomic mass is 10.0. The highest BCUT2D eigenvalue weighted by atomic mass is 14.5. The van der Waals surface area contributed by atoms with Gasteiger partial charge < -0.3 is 5.73 Å². The standard InChI is InChI=1S/C15H15N/c1-12(16)11-14-9-5-6-10-15(14)13-7-3-2-4-8-13/h2-7,9-11H,1,8,16H2/b14-11-,15-13-. The second-order valence-corrected chi connectivity index (χ2v) is 3.82. The van der Waals surface area contributed by atoms with E-state index in [9.17, 15) is 0 Å². The molecule has 0 atom stereocenters. The molecular formula is C15H15N. The van der Waals surface area contributed by atoms with Crippen LogP contribution in [0.5, 0.6) is 0 Å². The monoisotopic (exact) mass is 209 g/mol. The van der Waals surface area contributed by atoms with Gasteiger partial charge in [-0.2, -0.15) is 0 Å². The molecule has 0 aromatic heterocycles. The minimum absolute atomic E-state index is 0.586. The molecule has 0 heterocycles. The first-order valence-electron chi connectivity index (χ1n) is 5.35. The van der Waals surface area contributed by atoms with Crippen molar-refractivity contribution < 1.29 is 0 Å². The highest BCUT2D eigenvalue weighted by Crippen LogP contribution is 2.08. The largest absolute Gasteiger partial charge is 0.399 e. The Balaban J connectivity index is 2.70. The summed E-state index contributed by atoms with van der Waals surface area (Å²) in [7, 11) is 0. The van der Waals surface area contributed by atoms with E-state index < -0.39 is 0 Å². The lowest BCUT2D eigenvalue weighted by Gasteiger charge is -2.02. The number of allylic oxidation sites excluding steroid dienone is 5. The summed E-state index contributed by atoms with van der Waals surface area (Å²) < 4.78 is 0. The van der Waals surface area contributed by atoms with Crippen molar-refractivity contribution in [1.29, 1.82) is 0 Å². The number of benzene rings is 1. The molecule has 0 spiro atoms. The summed E-state index contributed by atoms with van der Waals surface area (Å²) in [5, 5.41) is 2.36. The van der Waals surface area contributed by atoms with Crippen molar-refractivity contribution in [2.24, 2.45) is 5.73 Å². The van der Waals surface area contributed by atoms with Gasteiger partial charge in [-0.3, -0.25) is 0 Å². The normalized spacial score (nSPS) is 18.9. The van der Waals surface area contributed by atoms with Gasteiger partial charge in [0.25, 0.3) is 0 Å². The third kappa shape index (κ3) is 2.31. The second kappa shape index (κ2) is 4.67. The Kier molecular flexibility index (Phi) is 3.06. The van der Waals surface area contributed by atoms with E-state index >= 15 is 0 Å². The van der Waals surface area contributed by atoms with Crippen LogP contribution in [0.25, 0.3) is 11.6 Å². The fraction of sp³-hybridized carbons (Fsp3) is 0.0667. The molecule has 1 aromatic carbocycles. The van der Waals surface area contributed by atoms with E-state index in [0.29, 0.717) is 5.70 Å². The zero-order chi connectivity index (χ0) is 11.4. The molecule has 1 aliphatic rings. The highest BCUT2D eigenvalue weighted by Gasteiger charge is 1.96. The molecule has 1 aliphatic carbocycles. The molecule has 2 N–H and O–H groups in total. The highest BCUT2D eigenvalue weighted by molar-refractivity contribution is 5.62. The van der Waals surface area contributed by atoms with E-state index in [-0.39, 0.29) is 0 Å². The molecule has 1 heteroatoms. The van der Waals surface area contributed by atoms with E-state index in [2.05, 4.69) is 43.0 Å². The number of nitrogens with two attached hydrogens (primary N) is 1. The Morgan fingerprint density at radius 2 is 2.06 bits per heavy atom. The Bertz CT molecular complexity index is 574. The Morgan fingerprint density at radius 1 is 1.25 bits per heavy atom. The van der Waals surface area contributed by atoms with Crippen LogP contribution < -0.4 is 16.2 Å². The van der Waals surface area contributed by atoms with Crippen LogP contribution in [-0.2, 0) is 0 Å². The van der Waals surface area contributed by atoms with Gasteiger partial charge in [0, 0.05) is 5.70 Å². The summed E-state index contributed by atoms with van der Waals surface area (Å²) in [6.45, 7) is 3.72. The van der Waals surface area contributed by atoms with Gasteiger partial charge in [0.1, 0.15) is 0 Å². The molecule has 0 amide bonds. The lowest BCUT2D eigenvalue weighted by Crippen LogP contribution is -2.27. The Morgan fingerprint density at radius 3 is 2.75 bits per heavy atom. The van der Waals surface area contributed by atoms with Gasteiger partial charge in [0.05, 0.1) is 0 Å². The maximum atomic E-state index is 5.63. The minimum Gasteiger partial charge on any atom is -0.399 e. The van der Waals surface area contributed by atoms with Crippen molar-refractivity contribution in [1.82, 2.24) is 0 Å². The average molecular weight is 209 g/mol. The van der Waals surface area contributed by atoms with E-state index in [1.54, 1.807) is 0 Å². The van der Waals surface area contributed by atoms with Gasteiger partial charge >= 0.3 is 0 Å². The predicted octanol–water partition coefficient (Wildman–Crippen LogP) is 1.61. The van der Waals surface area contributed by atoms with Gasteiger partial charge in [-0.1, -0.05) is 55.1 Å². The topological polar surface area (TPSA) is 26.0 Å². The Hall–Kier alpha value is -2.02. The van der Waals surface area contributed by atoms with E-state index in [1.165, 1.54) is 10.8 Å². The van der Waals surface area contributed by atoms with E-state index in [1.807, 2.05) is 18.2 Å². The smallest absolute Gasteiger partial charge is 0.0247 e. The summed E-state index contributed by atoms with van der Waals surface area (Å²) >= 11 is 0. The summed E-state index contributed by atoms with van der Waals surface area (Å²) in [5.41, 5.74) is 7.53. The minimum atomic E-state index is 0.586. The molecule has 0 aliphatic heterocycles. The van der Waals surface area contributed by atoms with Crippen molar-refractivity contribution in [3.63, 3.8) is 0 Å². The zero-order valence-corrected chi connectivity index (χ0v) is 9.19. The van der Waals surface area contributed by atoms with Gasteiger partial charge in [0.15, 0.2) is 0 Å². The molecule has 0 unspecified atom stereocenters. The summed E-state index contributed by atoms with van der Waals surface area (Å²) in [6, 6.07) is 8.24. The molecule has 80 valence electrons. The first-order valence-corrected chi connectivity index (χ1v) is 5.35. The van der Waals surface area contributed by atoms with Crippen LogP contribution in [0.3, 0.4) is 0 Å². The van der Waals surface area contributed by atoms with Crippen LogP contribution in [0.4, 0.5) is 0 Å². The van der Waals surface area contributed by atoms with Gasteiger partial charge in [-0.05, 0) is 28.5 Å². The van der Waals surface area contributed by atoms with E-state index in [4.69, 9.17) is 5.73 Å². The van der Waals surface area contributed by atoms with Gasteiger partial charge in [0.2, 0.25) is 0 Å². The molecule has 0 saturated carbocycles. The van der Waals surface area contributed by atoms with Crippen LogP contribution in [0.15, 0.2) is 60.8 Å². The first-order chi connectivity index (χ1) is 7.77. The predicted molar refractivity (Wildman–Crippen MR) is 69.8 cm³/mol. The van der Waals surface area contributed by atoms with Crippen LogP contribution in [-0.4, -0.2) is 0 Å². The number of hydrogen-bond donors (Lipinski definition) is 1. The summed E-state index contributed by atoms with van der Waals surface area (Å²) in [5.74, 6) is 0. The molecule has 1 nitrogen and oxygen atoms in total. The van der Waals surface area contributed by atoms with Crippen LogP contribution in [0.2, 0.25) is 0 Å². The van der Waals surface area contributed by atoms with Gasteiger partial charge in [-0.15, -0.1) is 0 Å². The molecule has 16 heavy (non-hydrogen) atoms. The first kappa shape index (κ1) is 10.5. The van der Waals surface area contributed by atoms with Crippen molar-refractivity contribution in [3.05, 3.63) is 71.3 Å². The molecule has 0 saturated heterocycles. The molecule has 1 aromatic rings. The molecule has 2 rings (SSSR count). The van der Waals surface area contributed by atoms with Crippen molar-refractivity contribution in [2.75, 3.05) is 0 Å². The van der Waals surface area contributed by atoms with Gasteiger partial charge in [-0.25, -0.2) is 0 Å². The molecule has 0 fully saturated rings. The number of hydrogen-bond acceptors (Lipinski definition) is 1. The molecular weight excluding hydrogens is 194 g/mol. The lowest BCUT2D eigenvalue weighted by molar-refractivity contribution is 1.34. The third-order valence-corrected chi connectivity index (χ3v) is 2.53. The summed E-state index contributed by atoms with van der Waals surface area (Å²) in [4.78, 5) is 0. The fourth-order valence-electron chi connectivity index (χ4n) is 1.83. The summed E-state index contributed by atoms with van der Waals surface area (Å²) in [6.07, 6.45) is 11.3. The van der Waals surface area contributed by atoms with Crippen LogP contribution in [0.1, 0.15) is 6.42 Å². The number of rotatable bonds is 1. The van der Waals surface area contributed by atoms with Crippen LogP contribution >= 0.6 is 0 Å². The Labute approximate surface area is 95.6 Å². The maximum Gasteiger partial charge on any atom is 0.0247 e.